The van der Waals surface area contributed by atoms with Crippen molar-refractivity contribution in [1.29, 1.82) is 0 Å². The number of hydrogen-bond acceptors (Lipinski definition) is 3. The quantitative estimate of drug-likeness (QED) is 0.619. The minimum atomic E-state index is 0.0162. The molecule has 0 aromatic carbocycles. The van der Waals surface area contributed by atoms with E-state index in [1.165, 1.54) is 0 Å². The van der Waals surface area contributed by atoms with Crippen LogP contribution in [-0.2, 0) is 0 Å². The predicted octanol–water partition coefficient (Wildman–Crippen LogP) is 1.62. The average Bonchev–Trinajstić information content (AvgIpc) is 1.85. The number of aliphatic hydroxyl groups excluding tert-OH is 1. The van der Waals surface area contributed by atoms with E-state index in [1.807, 2.05) is 6.92 Å². The zero-order chi connectivity index (χ0) is 8.43. The van der Waals surface area contributed by atoms with Gasteiger partial charge >= 0.3 is 0 Å². The molecule has 11 heavy (non-hydrogen) atoms. The van der Waals surface area contributed by atoms with Gasteiger partial charge < -0.3 is 5.11 Å². The molecule has 0 atom stereocenters. The van der Waals surface area contributed by atoms with Crippen LogP contribution in [0.5, 0.6) is 0 Å². The molecule has 1 heterocycles. The molecule has 1 aromatic heterocycles. The molecule has 0 bridgehead atoms. The SMILES string of the molecule is C=C(O)c1cnc(C)nc1C. The van der Waals surface area contributed by atoms with E-state index in [4.69, 9.17) is 5.11 Å². The van der Waals surface area contributed by atoms with Crippen LogP contribution in [0.15, 0.2) is 12.8 Å². The summed E-state index contributed by atoms with van der Waals surface area (Å²) in [5, 5.41) is 9.02. The molecular formula is C8H10N2O. The van der Waals surface area contributed by atoms with E-state index in [-0.39, 0.29) is 5.76 Å². The molecule has 58 valence electrons. The second kappa shape index (κ2) is 2.70. The van der Waals surface area contributed by atoms with Gasteiger partial charge in [-0.15, -0.1) is 0 Å². The fourth-order valence-corrected chi connectivity index (χ4v) is 0.867. The van der Waals surface area contributed by atoms with E-state index in [0.717, 1.165) is 5.69 Å². The van der Waals surface area contributed by atoms with Gasteiger partial charge in [-0.3, -0.25) is 0 Å². The molecular weight excluding hydrogens is 140 g/mol. The minimum Gasteiger partial charge on any atom is -0.508 e. The molecule has 0 aliphatic rings. The maximum Gasteiger partial charge on any atom is 0.125 e. The van der Waals surface area contributed by atoms with Crippen LogP contribution in [0.2, 0.25) is 0 Å². The number of aromatic nitrogens is 2. The van der Waals surface area contributed by atoms with E-state index in [9.17, 15) is 0 Å². The maximum absolute atomic E-state index is 9.02. The Balaban J connectivity index is 3.20. The Morgan fingerprint density at radius 1 is 1.55 bits per heavy atom. The second-order valence-corrected chi connectivity index (χ2v) is 2.36. The molecule has 0 spiro atoms. The van der Waals surface area contributed by atoms with Crippen LogP contribution in [-0.4, -0.2) is 15.1 Å². The van der Waals surface area contributed by atoms with Crippen LogP contribution in [0.1, 0.15) is 17.1 Å². The van der Waals surface area contributed by atoms with Crippen molar-refractivity contribution in [3.05, 3.63) is 29.9 Å². The Kier molecular flexibility index (Phi) is 1.89. The normalized spacial score (nSPS) is 9.64. The number of aliphatic hydroxyl groups is 1. The summed E-state index contributed by atoms with van der Waals surface area (Å²) in [6.07, 6.45) is 1.57. The monoisotopic (exact) mass is 150 g/mol. The van der Waals surface area contributed by atoms with Crippen LogP contribution in [0.3, 0.4) is 0 Å². The summed E-state index contributed by atoms with van der Waals surface area (Å²) in [6.45, 7) is 7.00. The molecule has 1 rings (SSSR count). The van der Waals surface area contributed by atoms with Gasteiger partial charge in [-0.1, -0.05) is 6.58 Å². The molecule has 0 fully saturated rings. The third-order valence-electron chi connectivity index (χ3n) is 1.41. The molecule has 0 aliphatic heterocycles. The molecule has 1 aromatic rings. The maximum atomic E-state index is 9.02. The summed E-state index contributed by atoms with van der Waals surface area (Å²) in [5.74, 6) is 0.718. The highest BCUT2D eigenvalue weighted by Crippen LogP contribution is 2.10. The first-order valence-corrected chi connectivity index (χ1v) is 3.29. The standard InChI is InChI=1S/C8H10N2O/c1-5-8(6(2)11)4-9-7(3)10-5/h4,11H,2H2,1,3H3. The topological polar surface area (TPSA) is 46.0 Å². The number of hydrogen-bond donors (Lipinski definition) is 1. The minimum absolute atomic E-state index is 0.0162. The fraction of sp³-hybridized carbons (Fsp3) is 0.250. The van der Waals surface area contributed by atoms with Crippen molar-refractivity contribution >= 4 is 5.76 Å². The highest BCUT2D eigenvalue weighted by Gasteiger charge is 2.02. The smallest absolute Gasteiger partial charge is 0.125 e. The van der Waals surface area contributed by atoms with Gasteiger partial charge in [0.1, 0.15) is 11.6 Å². The summed E-state index contributed by atoms with van der Waals surface area (Å²) < 4.78 is 0. The molecule has 0 aliphatic carbocycles. The molecule has 0 radical (unpaired) electrons. The Morgan fingerprint density at radius 3 is 2.64 bits per heavy atom. The van der Waals surface area contributed by atoms with Gasteiger partial charge in [-0.25, -0.2) is 9.97 Å². The van der Waals surface area contributed by atoms with Crippen LogP contribution >= 0.6 is 0 Å². The average molecular weight is 150 g/mol. The summed E-state index contributed by atoms with van der Waals surface area (Å²) in [5.41, 5.74) is 1.36. The molecule has 3 heteroatoms. The highest BCUT2D eigenvalue weighted by atomic mass is 16.3. The van der Waals surface area contributed by atoms with Crippen LogP contribution < -0.4 is 0 Å². The van der Waals surface area contributed by atoms with Crippen LogP contribution in [0, 0.1) is 13.8 Å². The van der Waals surface area contributed by atoms with E-state index in [2.05, 4.69) is 16.5 Å². The van der Waals surface area contributed by atoms with Crippen molar-refractivity contribution in [3.63, 3.8) is 0 Å². The highest BCUT2D eigenvalue weighted by molar-refractivity contribution is 5.56. The Hall–Kier alpha value is -1.38. The number of rotatable bonds is 1. The molecule has 0 unspecified atom stereocenters. The first-order chi connectivity index (χ1) is 5.11. The van der Waals surface area contributed by atoms with Crippen molar-refractivity contribution in [1.82, 2.24) is 9.97 Å². The summed E-state index contributed by atoms with van der Waals surface area (Å²) >= 11 is 0. The Labute approximate surface area is 65.4 Å². The van der Waals surface area contributed by atoms with Gasteiger partial charge in [-0.2, -0.15) is 0 Å². The lowest BCUT2D eigenvalue weighted by molar-refractivity contribution is 0.512. The van der Waals surface area contributed by atoms with E-state index >= 15 is 0 Å². The van der Waals surface area contributed by atoms with Gasteiger partial charge in [0.15, 0.2) is 0 Å². The molecule has 0 amide bonds. The summed E-state index contributed by atoms with van der Waals surface area (Å²) in [6, 6.07) is 0. The van der Waals surface area contributed by atoms with Crippen molar-refractivity contribution in [2.24, 2.45) is 0 Å². The predicted molar refractivity (Wildman–Crippen MR) is 43.2 cm³/mol. The molecule has 3 nitrogen and oxygen atoms in total. The molecule has 0 saturated heterocycles. The molecule has 0 saturated carbocycles. The van der Waals surface area contributed by atoms with Crippen LogP contribution in [0.25, 0.3) is 5.76 Å². The lowest BCUT2D eigenvalue weighted by atomic mass is 10.2. The van der Waals surface area contributed by atoms with Gasteiger partial charge in [0.2, 0.25) is 0 Å². The van der Waals surface area contributed by atoms with E-state index in [0.29, 0.717) is 11.4 Å². The van der Waals surface area contributed by atoms with Gasteiger partial charge in [0, 0.05) is 6.20 Å². The van der Waals surface area contributed by atoms with Gasteiger partial charge in [0.25, 0.3) is 0 Å². The second-order valence-electron chi connectivity index (χ2n) is 2.36. The van der Waals surface area contributed by atoms with E-state index in [1.54, 1.807) is 13.1 Å². The van der Waals surface area contributed by atoms with Crippen molar-refractivity contribution in [2.75, 3.05) is 0 Å². The zero-order valence-electron chi connectivity index (χ0n) is 6.63. The van der Waals surface area contributed by atoms with Crippen LogP contribution in [0.4, 0.5) is 0 Å². The lowest BCUT2D eigenvalue weighted by Gasteiger charge is -2.01. The van der Waals surface area contributed by atoms with E-state index < -0.39 is 0 Å². The lowest BCUT2D eigenvalue weighted by Crippen LogP contribution is -1.95. The third kappa shape index (κ3) is 1.55. The first-order valence-electron chi connectivity index (χ1n) is 3.29. The first kappa shape index (κ1) is 7.72. The van der Waals surface area contributed by atoms with Crippen molar-refractivity contribution in [3.8, 4) is 0 Å². The largest absolute Gasteiger partial charge is 0.508 e. The third-order valence-corrected chi connectivity index (χ3v) is 1.41. The summed E-state index contributed by atoms with van der Waals surface area (Å²) in [7, 11) is 0. The number of aryl methyl sites for hydroxylation is 2. The summed E-state index contributed by atoms with van der Waals surface area (Å²) in [4.78, 5) is 7.99. The Bertz CT molecular complexity index is 294. The fourth-order valence-electron chi connectivity index (χ4n) is 0.867. The van der Waals surface area contributed by atoms with Crippen molar-refractivity contribution in [2.45, 2.75) is 13.8 Å². The van der Waals surface area contributed by atoms with Crippen molar-refractivity contribution < 1.29 is 5.11 Å². The zero-order valence-corrected chi connectivity index (χ0v) is 6.63. The Morgan fingerprint density at radius 2 is 2.18 bits per heavy atom. The van der Waals surface area contributed by atoms with Gasteiger partial charge in [0.05, 0.1) is 11.3 Å². The number of nitrogens with zero attached hydrogens (tertiary/aromatic N) is 2. The molecule has 1 N–H and O–H groups in total. The van der Waals surface area contributed by atoms with Gasteiger partial charge in [-0.05, 0) is 13.8 Å².